The Morgan fingerprint density at radius 3 is 2.38 bits per heavy atom. The molecule has 29 heavy (non-hydrogen) atoms. The van der Waals surface area contributed by atoms with Gasteiger partial charge in [0, 0.05) is 24.4 Å². The molecule has 0 unspecified atom stereocenters. The second kappa shape index (κ2) is 6.81. The van der Waals surface area contributed by atoms with E-state index in [4.69, 9.17) is 4.74 Å². The number of ether oxygens (including phenoxy) is 1. The molecule has 1 aliphatic heterocycles. The molecule has 0 bridgehead atoms. The fourth-order valence-corrected chi connectivity index (χ4v) is 4.47. The first-order valence-electron chi connectivity index (χ1n) is 9.66. The van der Waals surface area contributed by atoms with Gasteiger partial charge in [-0.05, 0) is 34.2 Å². The van der Waals surface area contributed by atoms with Crippen molar-refractivity contribution in [1.82, 2.24) is 9.88 Å². The van der Waals surface area contributed by atoms with Crippen LogP contribution in [0.4, 0.5) is 4.79 Å². The molecule has 1 aromatic heterocycles. The van der Waals surface area contributed by atoms with Crippen LogP contribution in [0.2, 0.25) is 0 Å². The van der Waals surface area contributed by atoms with Crippen molar-refractivity contribution in [2.75, 3.05) is 13.2 Å². The Morgan fingerprint density at radius 2 is 1.72 bits per heavy atom. The number of hydrogen-bond acceptors (Lipinski definition) is 3. The van der Waals surface area contributed by atoms with E-state index in [0.29, 0.717) is 19.5 Å². The number of carboxylic acids is 1. The van der Waals surface area contributed by atoms with Crippen LogP contribution in [0.25, 0.3) is 11.1 Å². The van der Waals surface area contributed by atoms with Gasteiger partial charge in [-0.1, -0.05) is 48.5 Å². The van der Waals surface area contributed by atoms with E-state index in [2.05, 4.69) is 29.2 Å². The molecule has 6 nitrogen and oxygen atoms in total. The molecule has 0 atom stereocenters. The summed E-state index contributed by atoms with van der Waals surface area (Å²) in [5.41, 5.74) is 6.57. The lowest BCUT2D eigenvalue weighted by Gasteiger charge is -2.27. The Hall–Kier alpha value is -3.54. The molecule has 2 N–H and O–H groups in total. The first kappa shape index (κ1) is 17.6. The Kier molecular flexibility index (Phi) is 4.12. The van der Waals surface area contributed by atoms with Gasteiger partial charge in [0.1, 0.15) is 6.61 Å². The largest absolute Gasteiger partial charge is 0.478 e. The Balaban J connectivity index is 1.31. The van der Waals surface area contributed by atoms with Gasteiger partial charge in [-0.2, -0.15) is 0 Å². The fraction of sp³-hybridized carbons (Fsp3) is 0.217. The van der Waals surface area contributed by atoms with Gasteiger partial charge in [0.05, 0.1) is 12.1 Å². The average Bonchev–Trinajstić information content (AvgIpc) is 3.31. The summed E-state index contributed by atoms with van der Waals surface area (Å²) in [7, 11) is 0. The number of nitrogens with zero attached hydrogens (tertiary/aromatic N) is 1. The highest BCUT2D eigenvalue weighted by Gasteiger charge is 2.31. The van der Waals surface area contributed by atoms with E-state index in [-0.39, 0.29) is 24.2 Å². The van der Waals surface area contributed by atoms with Gasteiger partial charge < -0.3 is 19.7 Å². The molecule has 0 fully saturated rings. The Morgan fingerprint density at radius 1 is 1.07 bits per heavy atom. The zero-order chi connectivity index (χ0) is 20.0. The topological polar surface area (TPSA) is 82.6 Å². The van der Waals surface area contributed by atoms with Crippen LogP contribution in [0, 0.1) is 0 Å². The second-order valence-corrected chi connectivity index (χ2v) is 7.44. The molecule has 0 saturated carbocycles. The standard InChI is InChI=1S/C23H20N2O4/c26-22(27)19-11-24-21-12-25(10-9-18(19)21)23(28)29-13-20-16-7-3-1-5-14(16)15-6-2-4-8-17(15)20/h1-8,11,20,24H,9-10,12-13H2,(H,26,27). The minimum atomic E-state index is -0.947. The maximum absolute atomic E-state index is 12.7. The Labute approximate surface area is 167 Å². The number of carbonyl (C=O) groups excluding carboxylic acids is 1. The molecule has 146 valence electrons. The van der Waals surface area contributed by atoms with Crippen molar-refractivity contribution >= 4 is 12.1 Å². The highest BCUT2D eigenvalue weighted by molar-refractivity contribution is 5.90. The number of aromatic nitrogens is 1. The van der Waals surface area contributed by atoms with Crippen molar-refractivity contribution in [3.05, 3.63) is 82.7 Å². The number of nitrogens with one attached hydrogen (secondary N) is 1. The molecular formula is C23H20N2O4. The highest BCUT2D eigenvalue weighted by atomic mass is 16.6. The second-order valence-electron chi connectivity index (χ2n) is 7.44. The lowest BCUT2D eigenvalue weighted by Crippen LogP contribution is -2.37. The first-order valence-corrected chi connectivity index (χ1v) is 9.66. The number of rotatable bonds is 3. The quantitative estimate of drug-likeness (QED) is 0.710. The van der Waals surface area contributed by atoms with Gasteiger partial charge in [-0.15, -0.1) is 0 Å². The molecule has 2 aliphatic rings. The monoisotopic (exact) mass is 388 g/mol. The SMILES string of the molecule is O=C(O)c1c[nH]c2c1CCN(C(=O)OCC1c3ccccc3-c3ccccc31)C2. The molecule has 1 amide bonds. The maximum Gasteiger partial charge on any atom is 0.410 e. The number of aromatic amines is 1. The van der Waals surface area contributed by atoms with E-state index < -0.39 is 5.97 Å². The third-order valence-corrected chi connectivity index (χ3v) is 5.89. The van der Waals surface area contributed by atoms with Crippen molar-refractivity contribution < 1.29 is 19.4 Å². The number of carbonyl (C=O) groups is 2. The third kappa shape index (κ3) is 2.88. The summed E-state index contributed by atoms with van der Waals surface area (Å²) in [5.74, 6) is -0.923. The summed E-state index contributed by atoms with van der Waals surface area (Å²) >= 11 is 0. The van der Waals surface area contributed by atoms with Crippen LogP contribution in [0.15, 0.2) is 54.7 Å². The lowest BCUT2D eigenvalue weighted by molar-refractivity contribution is 0.0695. The van der Waals surface area contributed by atoms with E-state index in [1.807, 2.05) is 24.3 Å². The van der Waals surface area contributed by atoms with Gasteiger partial charge in [-0.3, -0.25) is 0 Å². The van der Waals surface area contributed by atoms with E-state index in [1.54, 1.807) is 4.90 Å². The maximum atomic E-state index is 12.7. The fourth-order valence-electron chi connectivity index (χ4n) is 4.47. The van der Waals surface area contributed by atoms with Crippen LogP contribution >= 0.6 is 0 Å². The normalized spacial score (nSPS) is 14.8. The smallest absolute Gasteiger partial charge is 0.410 e. The van der Waals surface area contributed by atoms with Crippen molar-refractivity contribution in [1.29, 1.82) is 0 Å². The van der Waals surface area contributed by atoms with E-state index in [1.165, 1.54) is 28.5 Å². The molecule has 1 aliphatic carbocycles. The van der Waals surface area contributed by atoms with E-state index >= 15 is 0 Å². The summed E-state index contributed by atoms with van der Waals surface area (Å²) in [6.45, 7) is 1.06. The summed E-state index contributed by atoms with van der Waals surface area (Å²) in [6, 6.07) is 16.5. The third-order valence-electron chi connectivity index (χ3n) is 5.89. The van der Waals surface area contributed by atoms with Gasteiger partial charge in [-0.25, -0.2) is 9.59 Å². The predicted octanol–water partition coefficient (Wildman–Crippen LogP) is 4.02. The molecule has 0 saturated heterocycles. The van der Waals surface area contributed by atoms with E-state index in [0.717, 1.165) is 11.3 Å². The molecule has 2 heterocycles. The van der Waals surface area contributed by atoms with Gasteiger partial charge in [0.15, 0.2) is 0 Å². The summed E-state index contributed by atoms with van der Waals surface area (Å²) in [5, 5.41) is 9.25. The number of aromatic carboxylic acids is 1. The van der Waals surface area contributed by atoms with E-state index in [9.17, 15) is 14.7 Å². The number of carboxylic acid groups (broad SMARTS) is 1. The highest BCUT2D eigenvalue weighted by Crippen LogP contribution is 2.44. The minimum absolute atomic E-state index is 0.0239. The van der Waals surface area contributed by atoms with Crippen LogP contribution in [0.5, 0.6) is 0 Å². The number of H-pyrrole nitrogens is 1. The predicted molar refractivity (Wildman–Crippen MR) is 107 cm³/mol. The van der Waals surface area contributed by atoms with Crippen LogP contribution in [-0.2, 0) is 17.7 Å². The first-order chi connectivity index (χ1) is 14.1. The molecule has 0 radical (unpaired) electrons. The molecular weight excluding hydrogens is 368 g/mol. The number of amides is 1. The number of benzene rings is 2. The molecule has 2 aromatic carbocycles. The van der Waals surface area contributed by atoms with Crippen molar-refractivity contribution in [3.63, 3.8) is 0 Å². The molecule has 5 rings (SSSR count). The van der Waals surface area contributed by atoms with Crippen molar-refractivity contribution in [3.8, 4) is 11.1 Å². The van der Waals surface area contributed by atoms with Gasteiger partial charge in [0.25, 0.3) is 0 Å². The zero-order valence-corrected chi connectivity index (χ0v) is 15.7. The summed E-state index contributed by atoms with van der Waals surface area (Å²) in [4.78, 5) is 28.6. The van der Waals surface area contributed by atoms with Crippen molar-refractivity contribution in [2.24, 2.45) is 0 Å². The lowest BCUT2D eigenvalue weighted by atomic mass is 9.98. The van der Waals surface area contributed by atoms with Gasteiger partial charge >= 0.3 is 12.1 Å². The van der Waals surface area contributed by atoms with Crippen LogP contribution < -0.4 is 0 Å². The molecule has 6 heteroatoms. The summed E-state index contributed by atoms with van der Waals surface area (Å²) in [6.07, 6.45) is 1.63. The number of fused-ring (bicyclic) bond motifs is 4. The molecule has 0 spiro atoms. The average molecular weight is 388 g/mol. The van der Waals surface area contributed by atoms with Crippen LogP contribution in [0.1, 0.15) is 38.7 Å². The summed E-state index contributed by atoms with van der Waals surface area (Å²) < 4.78 is 5.71. The van der Waals surface area contributed by atoms with Gasteiger partial charge in [0.2, 0.25) is 0 Å². The van der Waals surface area contributed by atoms with Crippen LogP contribution in [0.3, 0.4) is 0 Å². The van der Waals surface area contributed by atoms with Crippen molar-refractivity contribution in [2.45, 2.75) is 18.9 Å². The molecule has 3 aromatic rings. The van der Waals surface area contributed by atoms with Crippen LogP contribution in [-0.4, -0.2) is 40.2 Å². The Bertz CT molecular complexity index is 1070. The zero-order valence-electron chi connectivity index (χ0n) is 15.7. The number of hydrogen-bond donors (Lipinski definition) is 2. The minimum Gasteiger partial charge on any atom is -0.478 e.